The molecule has 2 saturated carbocycles. The monoisotopic (exact) mass is 758 g/mol. The van der Waals surface area contributed by atoms with Gasteiger partial charge in [-0.2, -0.15) is 21.0 Å². The highest BCUT2D eigenvalue weighted by molar-refractivity contribution is 7.29. The highest BCUT2D eigenvalue weighted by atomic mass is 32.1. The lowest BCUT2D eigenvalue weighted by Crippen LogP contribution is -2.33. The fourth-order valence-electron chi connectivity index (χ4n) is 9.18. The van der Waals surface area contributed by atoms with Crippen LogP contribution >= 0.6 is 45.3 Å². The quantitative estimate of drug-likeness (QED) is 0.250. The van der Waals surface area contributed by atoms with Gasteiger partial charge in [-0.3, -0.25) is 18.7 Å². The highest BCUT2D eigenvalue weighted by Gasteiger charge is 2.49. The van der Waals surface area contributed by atoms with Gasteiger partial charge in [-0.15, -0.1) is 45.3 Å². The molecule has 0 atom stereocenters. The Balaban J connectivity index is 1.32. The second-order valence-corrected chi connectivity index (χ2v) is 18.1. The van der Waals surface area contributed by atoms with Crippen molar-refractivity contribution in [2.45, 2.75) is 102 Å². The lowest BCUT2D eigenvalue weighted by molar-refractivity contribution is 0.355. The zero-order valence-corrected chi connectivity index (χ0v) is 32.2. The number of nitrogens with zero attached hydrogens (tertiary/aromatic N) is 6. The summed E-state index contributed by atoms with van der Waals surface area (Å²) >= 11 is 6.22. The summed E-state index contributed by atoms with van der Waals surface area (Å²) in [5, 5.41) is 38.4. The van der Waals surface area contributed by atoms with Crippen LogP contribution in [0, 0.1) is 45.3 Å². The lowest BCUT2D eigenvalue weighted by Gasteiger charge is -2.37. The van der Waals surface area contributed by atoms with Crippen molar-refractivity contribution in [3.63, 3.8) is 0 Å². The maximum atomic E-state index is 13.6. The lowest BCUT2D eigenvalue weighted by atomic mass is 9.66. The Hall–Kier alpha value is -4.56. The van der Waals surface area contributed by atoms with Gasteiger partial charge >= 0.3 is 0 Å². The molecule has 4 aliphatic rings. The van der Waals surface area contributed by atoms with Gasteiger partial charge in [0.25, 0.3) is 11.1 Å². The van der Waals surface area contributed by atoms with Gasteiger partial charge in [0, 0.05) is 33.7 Å². The molecule has 0 radical (unpaired) electrons. The first kappa shape index (κ1) is 34.5. The molecule has 2 fully saturated rings. The standard InChI is InChI=1S/C40H34N6O2S4/c1-3-45-35(47)29(51-37(45)23(19-41)20-42)17-25-15-27-31(39(25)11-7-5-8-12-39)33-34(49-27)32-28(50-33)16-26(40(32)13-9-6-10-14-40)18-30-36(48)46(4-2)38(52-30)24(21-43)22-44/h15-18H,3-14H2,1-2H3/b29-17+,30-18+. The van der Waals surface area contributed by atoms with Crippen molar-refractivity contribution in [2.75, 3.05) is 0 Å². The number of fused-ring (bicyclic) bond motifs is 7. The van der Waals surface area contributed by atoms with Crippen molar-refractivity contribution in [3.8, 4) is 24.3 Å². The van der Waals surface area contributed by atoms with Crippen LogP contribution in [0.2, 0.25) is 0 Å². The van der Waals surface area contributed by atoms with E-state index in [4.69, 9.17) is 0 Å². The van der Waals surface area contributed by atoms with Crippen LogP contribution in [-0.2, 0) is 23.9 Å². The number of aromatic nitrogens is 2. The summed E-state index contributed by atoms with van der Waals surface area (Å²) < 4.78 is 7.76. The minimum Gasteiger partial charge on any atom is -0.298 e. The maximum absolute atomic E-state index is 13.6. The van der Waals surface area contributed by atoms with E-state index in [0.717, 1.165) is 62.5 Å². The molecule has 0 bridgehead atoms. The summed E-state index contributed by atoms with van der Waals surface area (Å²) in [5.74, 6) is 0. The van der Waals surface area contributed by atoms with Crippen LogP contribution in [0.25, 0.3) is 44.9 Å². The normalized spacial score (nSPS) is 18.8. The molecular weight excluding hydrogens is 725 g/mol. The van der Waals surface area contributed by atoms with Gasteiger partial charge in [0.2, 0.25) is 0 Å². The third-order valence-corrected chi connectivity index (χ3v) is 16.2. The largest absolute Gasteiger partial charge is 0.298 e. The molecule has 12 heteroatoms. The molecule has 8 nitrogen and oxygen atoms in total. The predicted octanol–water partition coefficient (Wildman–Crippen LogP) is 6.00. The van der Waals surface area contributed by atoms with Gasteiger partial charge in [0.05, 0.1) is 18.5 Å². The van der Waals surface area contributed by atoms with E-state index in [1.165, 1.54) is 65.8 Å². The summed E-state index contributed by atoms with van der Waals surface area (Å²) in [6.45, 7) is 4.51. The third kappa shape index (κ3) is 4.89. The van der Waals surface area contributed by atoms with Crippen LogP contribution in [-0.4, -0.2) is 9.13 Å². The molecule has 4 aromatic heterocycles. The van der Waals surface area contributed by atoms with Gasteiger partial charge < -0.3 is 0 Å². The van der Waals surface area contributed by atoms with Crippen LogP contribution < -0.4 is 29.5 Å². The van der Waals surface area contributed by atoms with E-state index in [-0.39, 0.29) is 33.1 Å². The molecule has 0 amide bonds. The molecule has 4 aromatic rings. The first-order valence-corrected chi connectivity index (χ1v) is 21.1. The smallest absolute Gasteiger partial charge is 0.269 e. The van der Waals surface area contributed by atoms with Crippen molar-refractivity contribution >= 4 is 90.2 Å². The minimum atomic E-state index is -0.193. The number of thiazole rings is 2. The third-order valence-electron chi connectivity index (χ3n) is 11.5. The van der Waals surface area contributed by atoms with Gasteiger partial charge in [-0.1, -0.05) is 38.5 Å². The van der Waals surface area contributed by atoms with Crippen LogP contribution in [0.1, 0.15) is 98.9 Å². The van der Waals surface area contributed by atoms with Gasteiger partial charge in [-0.25, -0.2) is 0 Å². The molecule has 0 aromatic carbocycles. The van der Waals surface area contributed by atoms with Crippen molar-refractivity contribution in [1.82, 2.24) is 9.13 Å². The SMILES string of the molecule is CCn1c(=C(C#N)C#N)s/c(=C/C2=Cc3sc4c5c(sc4c3C23CCCCC3)C=C(/C=c2/sc(=C(C#N)C#N)n(CC)c2=O)C52CCCCC2)c1=O. The van der Waals surface area contributed by atoms with Crippen LogP contribution in [0.4, 0.5) is 0 Å². The first-order valence-electron chi connectivity index (χ1n) is 17.9. The van der Waals surface area contributed by atoms with Crippen LogP contribution in [0.5, 0.6) is 0 Å². The van der Waals surface area contributed by atoms with Crippen molar-refractivity contribution in [3.05, 3.63) is 71.1 Å². The average Bonchev–Trinajstić information content (AvgIpc) is 3.96. The van der Waals surface area contributed by atoms with E-state index < -0.39 is 0 Å². The van der Waals surface area contributed by atoms with Crippen molar-refractivity contribution in [2.24, 2.45) is 0 Å². The topological polar surface area (TPSA) is 139 Å². The number of rotatable bonds is 4. The van der Waals surface area contributed by atoms with Gasteiger partial charge in [0.15, 0.2) is 11.1 Å². The molecule has 0 saturated heterocycles. The Labute approximate surface area is 316 Å². The Morgan fingerprint density at radius 1 is 0.635 bits per heavy atom. The van der Waals surface area contributed by atoms with E-state index in [9.17, 15) is 30.6 Å². The highest BCUT2D eigenvalue weighted by Crippen LogP contribution is 2.63. The Morgan fingerprint density at radius 2 is 1.00 bits per heavy atom. The summed E-state index contributed by atoms with van der Waals surface area (Å²) in [4.78, 5) is 29.8. The number of hydrogen-bond donors (Lipinski definition) is 0. The fourth-order valence-corrected chi connectivity index (χ4v) is 14.6. The molecule has 0 unspecified atom stereocenters. The van der Waals surface area contributed by atoms with E-state index in [2.05, 4.69) is 24.3 Å². The molecule has 4 aliphatic carbocycles. The average molecular weight is 759 g/mol. The van der Waals surface area contributed by atoms with Crippen LogP contribution in [0.3, 0.4) is 0 Å². The number of allylic oxidation sites excluding steroid dienone is 2. The molecule has 8 rings (SSSR count). The second-order valence-electron chi connectivity index (χ2n) is 14.0. The summed E-state index contributed by atoms with van der Waals surface area (Å²) in [7, 11) is 0. The van der Waals surface area contributed by atoms with E-state index in [1.807, 2.05) is 60.8 Å². The Morgan fingerprint density at radius 3 is 1.33 bits per heavy atom. The summed E-state index contributed by atoms with van der Waals surface area (Å²) in [5.41, 5.74) is 4.38. The molecule has 0 aliphatic heterocycles. The number of nitriles is 4. The predicted molar refractivity (Wildman–Crippen MR) is 210 cm³/mol. The fraction of sp³-hybridized carbons (Fsp3) is 0.400. The van der Waals surface area contributed by atoms with Crippen molar-refractivity contribution in [1.29, 1.82) is 21.0 Å². The van der Waals surface area contributed by atoms with Gasteiger partial charge in [-0.05, 0) is 86.1 Å². The number of hydrogen-bond acceptors (Lipinski definition) is 10. The Kier molecular flexibility index (Phi) is 8.72. The summed E-state index contributed by atoms with van der Waals surface area (Å²) in [6, 6.07) is 7.90. The molecule has 0 N–H and O–H groups in total. The molecular formula is C40H34N6O2S4. The van der Waals surface area contributed by atoms with Crippen LogP contribution in [0.15, 0.2) is 20.7 Å². The van der Waals surface area contributed by atoms with Crippen molar-refractivity contribution < 1.29 is 0 Å². The molecule has 2 spiro atoms. The minimum absolute atomic E-state index is 0.0328. The van der Waals surface area contributed by atoms with E-state index in [1.54, 1.807) is 9.13 Å². The first-order chi connectivity index (χ1) is 25.3. The Bertz CT molecular complexity index is 2600. The summed E-state index contributed by atoms with van der Waals surface area (Å²) in [6.07, 6.45) is 19.6. The molecule has 52 heavy (non-hydrogen) atoms. The zero-order valence-electron chi connectivity index (χ0n) is 28.9. The molecule has 4 heterocycles. The maximum Gasteiger partial charge on any atom is 0.269 e. The van der Waals surface area contributed by atoms with Gasteiger partial charge in [0.1, 0.15) is 33.6 Å². The zero-order chi connectivity index (χ0) is 36.4. The van der Waals surface area contributed by atoms with E-state index >= 15 is 0 Å². The molecule has 260 valence electrons. The van der Waals surface area contributed by atoms with E-state index in [0.29, 0.717) is 31.5 Å². The number of thiophene rings is 2. The second kappa shape index (κ2) is 13.1.